The molecule has 1 aromatic carbocycles. The lowest BCUT2D eigenvalue weighted by atomic mass is 10.0. The summed E-state index contributed by atoms with van der Waals surface area (Å²) in [4.78, 5) is 30.8. The maximum absolute atomic E-state index is 13.5. The van der Waals surface area contributed by atoms with Crippen molar-refractivity contribution in [3.63, 3.8) is 0 Å². The Bertz CT molecular complexity index is 1250. The number of hydrogen-bond donors (Lipinski definition) is 0. The van der Waals surface area contributed by atoms with Crippen molar-refractivity contribution in [1.82, 2.24) is 9.47 Å². The summed E-state index contributed by atoms with van der Waals surface area (Å²) in [6.45, 7) is 5.44. The number of anilines is 1. The van der Waals surface area contributed by atoms with E-state index in [0.29, 0.717) is 14.8 Å². The van der Waals surface area contributed by atoms with Crippen molar-refractivity contribution in [3.8, 4) is 6.07 Å². The van der Waals surface area contributed by atoms with Gasteiger partial charge < -0.3 is 4.90 Å². The SMILES string of the molecule is Cc1c(/C=C2\SC(=S)N(C(C)c3ccccc3)C2=O)c(N2CCCCCC2)n(C)c(=O)c1C#N. The minimum Gasteiger partial charge on any atom is -0.357 e. The second-order valence-electron chi connectivity index (χ2n) is 8.75. The van der Waals surface area contributed by atoms with Gasteiger partial charge in [-0.05, 0) is 43.9 Å². The van der Waals surface area contributed by atoms with Crippen molar-refractivity contribution in [2.24, 2.45) is 7.05 Å². The van der Waals surface area contributed by atoms with Gasteiger partial charge in [0.25, 0.3) is 11.5 Å². The number of carbonyl (C=O) groups excluding carboxylic acids is 1. The lowest BCUT2D eigenvalue weighted by molar-refractivity contribution is -0.123. The van der Waals surface area contributed by atoms with Crippen LogP contribution < -0.4 is 10.5 Å². The molecule has 1 aromatic heterocycles. The van der Waals surface area contributed by atoms with E-state index in [-0.39, 0.29) is 23.1 Å². The Morgan fingerprint density at radius 2 is 1.76 bits per heavy atom. The monoisotopic (exact) mass is 492 g/mol. The van der Waals surface area contributed by atoms with E-state index >= 15 is 0 Å². The van der Waals surface area contributed by atoms with E-state index in [4.69, 9.17) is 12.2 Å². The molecule has 2 aliphatic heterocycles. The molecule has 1 atom stereocenters. The van der Waals surface area contributed by atoms with E-state index in [1.807, 2.05) is 43.3 Å². The number of thioether (sulfide) groups is 1. The molecule has 2 saturated heterocycles. The number of aromatic nitrogens is 1. The highest BCUT2D eigenvalue weighted by molar-refractivity contribution is 8.26. The van der Waals surface area contributed by atoms with Gasteiger partial charge in [0, 0.05) is 25.7 Å². The van der Waals surface area contributed by atoms with E-state index in [1.165, 1.54) is 11.8 Å². The van der Waals surface area contributed by atoms with Gasteiger partial charge >= 0.3 is 0 Å². The molecule has 0 aliphatic carbocycles. The first kappa shape index (κ1) is 24.2. The molecule has 3 heterocycles. The zero-order valence-electron chi connectivity index (χ0n) is 19.7. The topological polar surface area (TPSA) is 69.3 Å². The van der Waals surface area contributed by atoms with Crippen LogP contribution in [0.3, 0.4) is 0 Å². The molecule has 6 nitrogen and oxygen atoms in total. The van der Waals surface area contributed by atoms with Gasteiger partial charge in [0.05, 0.1) is 10.9 Å². The highest BCUT2D eigenvalue weighted by Crippen LogP contribution is 2.39. The lowest BCUT2D eigenvalue weighted by Crippen LogP contribution is -2.34. The third kappa shape index (κ3) is 4.42. The molecule has 0 spiro atoms. The van der Waals surface area contributed by atoms with Gasteiger partial charge in [-0.3, -0.25) is 19.1 Å². The van der Waals surface area contributed by atoms with Crippen molar-refractivity contribution in [1.29, 1.82) is 5.26 Å². The average Bonchev–Trinajstić information content (AvgIpc) is 3.00. The van der Waals surface area contributed by atoms with Crippen LogP contribution in [-0.4, -0.2) is 32.8 Å². The van der Waals surface area contributed by atoms with Gasteiger partial charge in [-0.1, -0.05) is 67.2 Å². The van der Waals surface area contributed by atoms with E-state index < -0.39 is 0 Å². The van der Waals surface area contributed by atoms with Gasteiger partial charge in [-0.2, -0.15) is 5.26 Å². The van der Waals surface area contributed by atoms with Gasteiger partial charge in [0.1, 0.15) is 21.8 Å². The van der Waals surface area contributed by atoms with E-state index in [2.05, 4.69) is 11.0 Å². The second kappa shape index (κ2) is 10.2. The number of rotatable bonds is 4. The van der Waals surface area contributed by atoms with Crippen molar-refractivity contribution in [3.05, 3.63) is 67.8 Å². The molecule has 2 aliphatic rings. The number of amides is 1. The summed E-state index contributed by atoms with van der Waals surface area (Å²) in [7, 11) is 1.71. The Morgan fingerprint density at radius 1 is 1.12 bits per heavy atom. The number of thiocarbonyl (C=S) groups is 1. The predicted octanol–water partition coefficient (Wildman–Crippen LogP) is 4.91. The second-order valence-corrected chi connectivity index (χ2v) is 10.4. The van der Waals surface area contributed by atoms with Crippen LogP contribution in [0.5, 0.6) is 0 Å². The van der Waals surface area contributed by atoms with Crippen LogP contribution in [-0.2, 0) is 11.8 Å². The average molecular weight is 493 g/mol. The molecule has 0 N–H and O–H groups in total. The normalized spacial score (nSPS) is 18.8. The minimum absolute atomic E-state index is 0.112. The van der Waals surface area contributed by atoms with E-state index in [1.54, 1.807) is 23.4 Å². The molecule has 34 heavy (non-hydrogen) atoms. The predicted molar refractivity (Wildman–Crippen MR) is 142 cm³/mol. The quantitative estimate of drug-likeness (QED) is 0.446. The molecule has 8 heteroatoms. The molecule has 1 amide bonds. The number of benzene rings is 1. The summed E-state index contributed by atoms with van der Waals surface area (Å²) < 4.78 is 2.07. The Kier molecular flexibility index (Phi) is 7.24. The van der Waals surface area contributed by atoms with Crippen LogP contribution >= 0.6 is 24.0 Å². The van der Waals surface area contributed by atoms with Crippen LogP contribution in [0.2, 0.25) is 0 Å². The van der Waals surface area contributed by atoms with Crippen LogP contribution in [0.1, 0.15) is 60.9 Å². The van der Waals surface area contributed by atoms with Crippen LogP contribution in [0.25, 0.3) is 6.08 Å². The maximum Gasteiger partial charge on any atom is 0.270 e. The number of carbonyl (C=O) groups is 1. The summed E-state index contributed by atoms with van der Waals surface area (Å²) in [5.41, 5.74) is 2.16. The van der Waals surface area contributed by atoms with Crippen molar-refractivity contribution in [2.45, 2.75) is 45.6 Å². The number of nitrogens with zero attached hydrogens (tertiary/aromatic N) is 4. The highest BCUT2D eigenvalue weighted by atomic mass is 32.2. The highest BCUT2D eigenvalue weighted by Gasteiger charge is 2.36. The first-order chi connectivity index (χ1) is 16.3. The number of nitriles is 1. The van der Waals surface area contributed by atoms with Crippen LogP contribution in [0.4, 0.5) is 5.82 Å². The zero-order chi connectivity index (χ0) is 24.4. The van der Waals surface area contributed by atoms with Crippen molar-refractivity contribution in [2.75, 3.05) is 18.0 Å². The first-order valence-electron chi connectivity index (χ1n) is 11.6. The molecule has 2 aromatic rings. The lowest BCUT2D eigenvalue weighted by Gasteiger charge is -2.28. The Labute approximate surface area is 209 Å². The standard InChI is InChI=1S/C26H28N4O2S2/c1-17-20(23(28(3)24(31)21(17)16-27)29-13-9-4-5-10-14-29)15-22-25(32)30(26(33)34-22)18(2)19-11-7-6-8-12-19/h6-8,11-12,15,18H,4-5,9-10,13-14H2,1-3H3/b22-15-. The maximum atomic E-state index is 13.5. The van der Waals surface area contributed by atoms with E-state index in [0.717, 1.165) is 55.7 Å². The van der Waals surface area contributed by atoms with Gasteiger partial charge in [-0.15, -0.1) is 0 Å². The van der Waals surface area contributed by atoms with Crippen molar-refractivity contribution >= 4 is 46.1 Å². The molecule has 0 bridgehead atoms. The van der Waals surface area contributed by atoms with Gasteiger partial charge in [-0.25, -0.2) is 0 Å². The molecule has 1 unspecified atom stereocenters. The first-order valence-corrected chi connectivity index (χ1v) is 12.8. The summed E-state index contributed by atoms with van der Waals surface area (Å²) >= 11 is 6.87. The van der Waals surface area contributed by atoms with Gasteiger partial charge in [0.15, 0.2) is 0 Å². The van der Waals surface area contributed by atoms with Crippen LogP contribution in [0, 0.1) is 18.3 Å². The molecule has 4 rings (SSSR count). The zero-order valence-corrected chi connectivity index (χ0v) is 21.3. The fourth-order valence-corrected chi connectivity index (χ4v) is 6.10. The summed E-state index contributed by atoms with van der Waals surface area (Å²) in [6, 6.07) is 11.7. The fourth-order valence-electron chi connectivity index (χ4n) is 4.70. The molecule has 0 saturated carbocycles. The van der Waals surface area contributed by atoms with Crippen LogP contribution in [0.15, 0.2) is 40.0 Å². The van der Waals surface area contributed by atoms with E-state index in [9.17, 15) is 14.9 Å². The smallest absolute Gasteiger partial charge is 0.270 e. The Morgan fingerprint density at radius 3 is 2.38 bits per heavy atom. The Balaban J connectivity index is 1.81. The summed E-state index contributed by atoms with van der Waals surface area (Å²) in [5.74, 6) is 0.615. The molecule has 2 fully saturated rings. The number of pyridine rings is 1. The van der Waals surface area contributed by atoms with Crippen molar-refractivity contribution < 1.29 is 4.79 Å². The molecule has 176 valence electrons. The molecule has 0 radical (unpaired) electrons. The summed E-state index contributed by atoms with van der Waals surface area (Å²) in [6.07, 6.45) is 6.23. The Hall–Kier alpha value is -2.89. The summed E-state index contributed by atoms with van der Waals surface area (Å²) in [5, 5.41) is 9.69. The largest absolute Gasteiger partial charge is 0.357 e. The third-order valence-corrected chi connectivity index (χ3v) is 7.97. The molecular weight excluding hydrogens is 464 g/mol. The minimum atomic E-state index is -0.304. The van der Waals surface area contributed by atoms with Gasteiger partial charge in [0.2, 0.25) is 0 Å². The molecular formula is C26H28N4O2S2. The third-order valence-electron chi connectivity index (χ3n) is 6.64. The number of hydrogen-bond acceptors (Lipinski definition) is 6. The fraction of sp³-hybridized carbons (Fsp3) is 0.385.